The highest BCUT2D eigenvalue weighted by molar-refractivity contribution is 5.86. The van der Waals surface area contributed by atoms with Gasteiger partial charge in [0, 0.05) is 25.7 Å². The van der Waals surface area contributed by atoms with Crippen molar-refractivity contribution in [1.29, 1.82) is 0 Å². The summed E-state index contributed by atoms with van der Waals surface area (Å²) in [4.78, 5) is 14.0. The van der Waals surface area contributed by atoms with E-state index in [1.807, 2.05) is 13.8 Å². The molecule has 0 radical (unpaired) electrons. The average molecular weight is 197 g/mol. The molecular formula is C10H19N3O. The summed E-state index contributed by atoms with van der Waals surface area (Å²) in [5.41, 5.74) is -0.338. The van der Waals surface area contributed by atoms with Gasteiger partial charge < -0.3 is 10.6 Å². The van der Waals surface area contributed by atoms with Crippen molar-refractivity contribution in [2.75, 3.05) is 26.2 Å². The topological polar surface area (TPSA) is 44.4 Å². The second-order valence-electron chi connectivity index (χ2n) is 4.65. The van der Waals surface area contributed by atoms with Gasteiger partial charge in [0.25, 0.3) is 0 Å². The molecule has 4 nitrogen and oxygen atoms in total. The van der Waals surface area contributed by atoms with E-state index in [-0.39, 0.29) is 11.4 Å². The molecule has 0 bridgehead atoms. The minimum atomic E-state index is -0.338. The molecule has 0 saturated carbocycles. The predicted molar refractivity (Wildman–Crippen MR) is 55.1 cm³/mol. The van der Waals surface area contributed by atoms with Crippen LogP contribution in [0.4, 0.5) is 0 Å². The van der Waals surface area contributed by atoms with Crippen LogP contribution in [0.2, 0.25) is 0 Å². The van der Waals surface area contributed by atoms with Crippen LogP contribution in [0.5, 0.6) is 0 Å². The van der Waals surface area contributed by atoms with Crippen molar-refractivity contribution in [3.8, 4) is 0 Å². The van der Waals surface area contributed by atoms with Crippen LogP contribution >= 0.6 is 0 Å². The third-order valence-electron chi connectivity index (χ3n) is 3.39. The van der Waals surface area contributed by atoms with Crippen molar-refractivity contribution in [1.82, 2.24) is 15.5 Å². The molecule has 2 heterocycles. The zero-order valence-corrected chi connectivity index (χ0v) is 8.97. The maximum atomic E-state index is 11.7. The van der Waals surface area contributed by atoms with Gasteiger partial charge in [-0.3, -0.25) is 9.69 Å². The van der Waals surface area contributed by atoms with Crippen molar-refractivity contribution < 1.29 is 4.79 Å². The smallest absolute Gasteiger partial charge is 0.240 e. The van der Waals surface area contributed by atoms with Gasteiger partial charge in [0.15, 0.2) is 0 Å². The lowest BCUT2D eigenvalue weighted by Crippen LogP contribution is -2.64. The SMILES string of the molecule is CC1(C)C(=O)NCCN1C1CCNC1. The number of carbonyl (C=O) groups excluding carboxylic acids is 1. The van der Waals surface area contributed by atoms with E-state index in [0.717, 1.165) is 32.6 Å². The summed E-state index contributed by atoms with van der Waals surface area (Å²) in [6, 6.07) is 0.538. The summed E-state index contributed by atoms with van der Waals surface area (Å²) in [5.74, 6) is 0.163. The Morgan fingerprint density at radius 3 is 2.86 bits per heavy atom. The van der Waals surface area contributed by atoms with Gasteiger partial charge in [0.1, 0.15) is 0 Å². The highest BCUT2D eigenvalue weighted by Crippen LogP contribution is 2.23. The van der Waals surface area contributed by atoms with E-state index in [1.165, 1.54) is 0 Å². The fraction of sp³-hybridized carbons (Fsp3) is 0.900. The standard InChI is InChI=1S/C10H19N3O/c1-10(2)9(14)12-5-6-13(10)8-3-4-11-7-8/h8,11H,3-7H2,1-2H3,(H,12,14). The van der Waals surface area contributed by atoms with Gasteiger partial charge in [0.05, 0.1) is 5.54 Å². The van der Waals surface area contributed by atoms with Crippen LogP contribution in [-0.4, -0.2) is 48.6 Å². The Hall–Kier alpha value is -0.610. The molecular weight excluding hydrogens is 178 g/mol. The third-order valence-corrected chi connectivity index (χ3v) is 3.39. The molecule has 2 fully saturated rings. The maximum absolute atomic E-state index is 11.7. The highest BCUT2D eigenvalue weighted by atomic mass is 16.2. The van der Waals surface area contributed by atoms with Gasteiger partial charge in [-0.15, -0.1) is 0 Å². The molecule has 80 valence electrons. The molecule has 2 N–H and O–H groups in total. The van der Waals surface area contributed by atoms with Crippen LogP contribution in [0.25, 0.3) is 0 Å². The molecule has 1 unspecified atom stereocenters. The first kappa shape index (κ1) is 9.93. The average Bonchev–Trinajstić information content (AvgIpc) is 2.62. The molecule has 4 heteroatoms. The third kappa shape index (κ3) is 1.53. The normalized spacial score (nSPS) is 33.0. The van der Waals surface area contributed by atoms with Gasteiger partial charge >= 0.3 is 0 Å². The minimum Gasteiger partial charge on any atom is -0.353 e. The molecule has 14 heavy (non-hydrogen) atoms. The first-order chi connectivity index (χ1) is 6.62. The number of rotatable bonds is 1. The monoisotopic (exact) mass is 197 g/mol. The number of amides is 1. The minimum absolute atomic E-state index is 0.163. The quantitative estimate of drug-likeness (QED) is 0.599. The zero-order valence-electron chi connectivity index (χ0n) is 8.97. The summed E-state index contributed by atoms with van der Waals surface area (Å²) in [6.45, 7) is 7.90. The number of carbonyl (C=O) groups is 1. The lowest BCUT2D eigenvalue weighted by molar-refractivity contribution is -0.136. The molecule has 2 aliphatic rings. The highest BCUT2D eigenvalue weighted by Gasteiger charge is 2.41. The summed E-state index contributed by atoms with van der Waals surface area (Å²) in [6.07, 6.45) is 1.16. The van der Waals surface area contributed by atoms with Gasteiger partial charge in [0.2, 0.25) is 5.91 Å². The largest absolute Gasteiger partial charge is 0.353 e. The Labute approximate surface area is 85.0 Å². The van der Waals surface area contributed by atoms with Gasteiger partial charge in [-0.1, -0.05) is 0 Å². The molecule has 1 amide bonds. The first-order valence-corrected chi connectivity index (χ1v) is 5.38. The number of nitrogens with zero attached hydrogens (tertiary/aromatic N) is 1. The Morgan fingerprint density at radius 1 is 1.43 bits per heavy atom. The van der Waals surface area contributed by atoms with Crippen molar-refractivity contribution in [2.24, 2.45) is 0 Å². The molecule has 2 saturated heterocycles. The zero-order chi connectivity index (χ0) is 10.2. The molecule has 0 spiro atoms. The van der Waals surface area contributed by atoms with E-state index in [0.29, 0.717) is 6.04 Å². The summed E-state index contributed by atoms with van der Waals surface area (Å²) in [5, 5.41) is 6.27. The Bertz CT molecular complexity index is 234. The second kappa shape index (κ2) is 3.51. The molecule has 0 aromatic rings. The Kier molecular flexibility index (Phi) is 2.49. The van der Waals surface area contributed by atoms with Crippen molar-refractivity contribution in [3.05, 3.63) is 0 Å². The van der Waals surface area contributed by atoms with E-state index in [2.05, 4.69) is 15.5 Å². The molecule has 0 aromatic heterocycles. The molecule has 0 aliphatic carbocycles. The van der Waals surface area contributed by atoms with E-state index in [4.69, 9.17) is 0 Å². The molecule has 0 aromatic carbocycles. The Balaban J connectivity index is 2.12. The predicted octanol–water partition coefficient (Wildman–Crippen LogP) is -0.441. The Morgan fingerprint density at radius 2 is 2.21 bits per heavy atom. The van der Waals surface area contributed by atoms with Crippen molar-refractivity contribution in [3.63, 3.8) is 0 Å². The van der Waals surface area contributed by atoms with E-state index in [9.17, 15) is 4.79 Å². The van der Waals surface area contributed by atoms with Crippen LogP contribution < -0.4 is 10.6 Å². The van der Waals surface area contributed by atoms with Crippen LogP contribution in [-0.2, 0) is 4.79 Å². The van der Waals surface area contributed by atoms with Crippen LogP contribution in [0.1, 0.15) is 20.3 Å². The van der Waals surface area contributed by atoms with Crippen molar-refractivity contribution in [2.45, 2.75) is 31.8 Å². The maximum Gasteiger partial charge on any atom is 0.240 e. The van der Waals surface area contributed by atoms with E-state index < -0.39 is 0 Å². The van der Waals surface area contributed by atoms with Gasteiger partial charge in [-0.2, -0.15) is 0 Å². The fourth-order valence-corrected chi connectivity index (χ4v) is 2.46. The summed E-state index contributed by atoms with van der Waals surface area (Å²) < 4.78 is 0. The van der Waals surface area contributed by atoms with Gasteiger partial charge in [-0.05, 0) is 26.8 Å². The molecule has 2 aliphatic heterocycles. The van der Waals surface area contributed by atoms with E-state index >= 15 is 0 Å². The number of piperazine rings is 1. The fourth-order valence-electron chi connectivity index (χ4n) is 2.46. The number of hydrogen-bond acceptors (Lipinski definition) is 3. The first-order valence-electron chi connectivity index (χ1n) is 5.38. The summed E-state index contributed by atoms with van der Waals surface area (Å²) in [7, 11) is 0. The number of hydrogen-bond donors (Lipinski definition) is 2. The van der Waals surface area contributed by atoms with E-state index in [1.54, 1.807) is 0 Å². The van der Waals surface area contributed by atoms with Gasteiger partial charge in [-0.25, -0.2) is 0 Å². The number of nitrogens with one attached hydrogen (secondary N) is 2. The van der Waals surface area contributed by atoms with Crippen molar-refractivity contribution >= 4 is 5.91 Å². The van der Waals surface area contributed by atoms with Crippen LogP contribution in [0, 0.1) is 0 Å². The lowest BCUT2D eigenvalue weighted by atomic mass is 9.96. The lowest BCUT2D eigenvalue weighted by Gasteiger charge is -2.44. The summed E-state index contributed by atoms with van der Waals surface area (Å²) >= 11 is 0. The molecule has 1 atom stereocenters. The van der Waals surface area contributed by atoms with Crippen LogP contribution in [0.3, 0.4) is 0 Å². The van der Waals surface area contributed by atoms with Crippen LogP contribution in [0.15, 0.2) is 0 Å². The second-order valence-corrected chi connectivity index (χ2v) is 4.65. The molecule has 2 rings (SSSR count).